The van der Waals surface area contributed by atoms with Crippen molar-refractivity contribution in [2.45, 2.75) is 107 Å². The molecule has 0 radical (unpaired) electrons. The predicted molar refractivity (Wildman–Crippen MR) is 182 cm³/mol. The number of benzene rings is 2. The number of nitrogens with one attached hydrogen (secondary N) is 2. The number of nitrogens with zero attached hydrogens (tertiary/aromatic N) is 3. The Morgan fingerprint density at radius 1 is 0.867 bits per heavy atom. The highest BCUT2D eigenvalue weighted by Crippen LogP contribution is 2.31. The van der Waals surface area contributed by atoms with E-state index in [-0.39, 0.29) is 30.1 Å². The second kappa shape index (κ2) is 16.0. The Bertz CT molecular complexity index is 1240. The minimum atomic E-state index is -0.302. The number of hydrogen-bond donors (Lipinski definition) is 2. The van der Waals surface area contributed by atoms with Crippen LogP contribution in [-0.2, 0) is 11.2 Å². The standard InChI is InChI=1S/C36H52ClN5O3/c1-40(2)36(44)42(30-9-5-4-6-10-30)31-21-23-41(24-22-31)35(43)33(25-26-13-15-27(37)16-14-26)39-29-19-17-28(18-20-29)38-32-11-7-8-12-34(32)45-3/h7-8,11-16,28-31,33,38-39H,4-6,9-10,17-25H2,1-3H3/t28-,29-,33-/m1/s1. The molecule has 246 valence electrons. The average molecular weight is 638 g/mol. The topological polar surface area (TPSA) is 77.1 Å². The summed E-state index contributed by atoms with van der Waals surface area (Å²) in [5, 5.41) is 8.17. The second-order valence-electron chi connectivity index (χ2n) is 13.4. The van der Waals surface area contributed by atoms with Gasteiger partial charge in [-0.15, -0.1) is 0 Å². The summed E-state index contributed by atoms with van der Waals surface area (Å²) in [6.07, 6.45) is 12.2. The molecule has 3 fully saturated rings. The molecule has 2 aliphatic carbocycles. The zero-order valence-electron chi connectivity index (χ0n) is 27.3. The molecule has 1 atom stereocenters. The average Bonchev–Trinajstić information content (AvgIpc) is 3.07. The van der Waals surface area contributed by atoms with Crippen LogP contribution < -0.4 is 15.4 Å². The Hall–Kier alpha value is -2.97. The Kier molecular flexibility index (Phi) is 11.9. The number of urea groups is 1. The van der Waals surface area contributed by atoms with Gasteiger partial charge in [-0.2, -0.15) is 0 Å². The molecular weight excluding hydrogens is 586 g/mol. The Balaban J connectivity index is 1.21. The normalized spacial score (nSPS) is 22.0. The molecule has 0 unspecified atom stereocenters. The van der Waals surface area contributed by atoms with E-state index in [1.165, 1.54) is 19.3 Å². The number of carbonyl (C=O) groups is 2. The Labute approximate surface area is 274 Å². The smallest absolute Gasteiger partial charge is 0.319 e. The summed E-state index contributed by atoms with van der Waals surface area (Å²) >= 11 is 6.18. The summed E-state index contributed by atoms with van der Waals surface area (Å²) in [6.45, 7) is 1.36. The number of likely N-dealkylation sites (tertiary alicyclic amines) is 1. The fourth-order valence-electron chi connectivity index (χ4n) is 7.53. The molecule has 1 aliphatic heterocycles. The molecule has 2 N–H and O–H groups in total. The van der Waals surface area contributed by atoms with Gasteiger partial charge in [-0.05, 0) is 87.6 Å². The molecule has 2 saturated carbocycles. The summed E-state index contributed by atoms with van der Waals surface area (Å²) in [6, 6.07) is 16.9. The minimum absolute atomic E-state index is 0.116. The number of carbonyl (C=O) groups excluding carboxylic acids is 2. The van der Waals surface area contributed by atoms with E-state index in [4.69, 9.17) is 16.3 Å². The fraction of sp³-hybridized carbons (Fsp3) is 0.611. The molecule has 8 nitrogen and oxygen atoms in total. The summed E-state index contributed by atoms with van der Waals surface area (Å²) in [5.41, 5.74) is 2.14. The van der Waals surface area contributed by atoms with Gasteiger partial charge >= 0.3 is 6.03 Å². The van der Waals surface area contributed by atoms with Crippen LogP contribution in [0.15, 0.2) is 48.5 Å². The van der Waals surface area contributed by atoms with Gasteiger partial charge in [-0.25, -0.2) is 4.79 Å². The van der Waals surface area contributed by atoms with Gasteiger partial charge < -0.3 is 30.1 Å². The first-order valence-corrected chi connectivity index (χ1v) is 17.4. The lowest BCUT2D eigenvalue weighted by Crippen LogP contribution is -2.58. The van der Waals surface area contributed by atoms with E-state index in [1.807, 2.05) is 61.5 Å². The van der Waals surface area contributed by atoms with E-state index >= 15 is 0 Å². The van der Waals surface area contributed by atoms with Crippen molar-refractivity contribution < 1.29 is 14.3 Å². The lowest BCUT2D eigenvalue weighted by atomic mass is 9.89. The SMILES string of the molecule is COc1ccccc1N[C@H]1CC[C@H](N[C@H](Cc2ccc(Cl)cc2)C(=O)N2CCC(N(C(=O)N(C)C)C3CCCCC3)CC2)CC1. The Morgan fingerprint density at radius 2 is 1.49 bits per heavy atom. The molecule has 3 aliphatic rings. The van der Waals surface area contributed by atoms with E-state index in [2.05, 4.69) is 21.6 Å². The molecule has 0 bridgehead atoms. The predicted octanol–water partition coefficient (Wildman–Crippen LogP) is 6.58. The maximum Gasteiger partial charge on any atom is 0.319 e. The van der Waals surface area contributed by atoms with Gasteiger partial charge in [0.05, 0.1) is 18.8 Å². The fourth-order valence-corrected chi connectivity index (χ4v) is 7.66. The van der Waals surface area contributed by atoms with Crippen molar-refractivity contribution in [3.8, 4) is 5.75 Å². The highest BCUT2D eigenvalue weighted by molar-refractivity contribution is 6.30. The first-order valence-electron chi connectivity index (χ1n) is 17.0. The van der Waals surface area contributed by atoms with Gasteiger partial charge in [0.2, 0.25) is 5.91 Å². The molecule has 0 aromatic heterocycles. The largest absolute Gasteiger partial charge is 0.495 e. The third-order valence-electron chi connectivity index (χ3n) is 10.0. The molecule has 1 heterocycles. The first kappa shape index (κ1) is 33.4. The number of halogens is 1. The van der Waals surface area contributed by atoms with E-state index in [0.717, 1.165) is 68.4 Å². The molecule has 3 amide bonds. The van der Waals surface area contributed by atoms with Crippen molar-refractivity contribution in [3.05, 3.63) is 59.1 Å². The zero-order chi connectivity index (χ0) is 31.8. The number of ether oxygens (including phenoxy) is 1. The quantitative estimate of drug-likeness (QED) is 0.308. The maximum absolute atomic E-state index is 14.2. The van der Waals surface area contributed by atoms with Crippen molar-refractivity contribution in [1.29, 1.82) is 0 Å². The van der Waals surface area contributed by atoms with Gasteiger partial charge in [0.25, 0.3) is 0 Å². The van der Waals surface area contributed by atoms with E-state index < -0.39 is 0 Å². The first-order chi connectivity index (χ1) is 21.8. The molecule has 9 heteroatoms. The number of amides is 3. The molecule has 1 saturated heterocycles. The highest BCUT2D eigenvalue weighted by Gasteiger charge is 2.37. The highest BCUT2D eigenvalue weighted by atomic mass is 35.5. The van der Waals surface area contributed by atoms with Gasteiger partial charge in [-0.3, -0.25) is 4.79 Å². The number of rotatable bonds is 10. The molecule has 45 heavy (non-hydrogen) atoms. The van der Waals surface area contributed by atoms with Crippen molar-refractivity contribution in [2.24, 2.45) is 0 Å². The third kappa shape index (κ3) is 8.85. The van der Waals surface area contributed by atoms with Crippen LogP contribution in [0.25, 0.3) is 0 Å². The molecule has 2 aromatic carbocycles. The van der Waals surface area contributed by atoms with Crippen LogP contribution in [0, 0.1) is 0 Å². The molecule has 2 aromatic rings. The van der Waals surface area contributed by atoms with Gasteiger partial charge in [0, 0.05) is 56.4 Å². The van der Waals surface area contributed by atoms with Gasteiger partial charge in [-0.1, -0.05) is 55.1 Å². The van der Waals surface area contributed by atoms with Crippen LogP contribution in [0.1, 0.15) is 76.2 Å². The van der Waals surface area contributed by atoms with Crippen LogP contribution in [-0.4, -0.2) is 91.1 Å². The van der Waals surface area contributed by atoms with Crippen molar-refractivity contribution in [1.82, 2.24) is 20.0 Å². The molecule has 5 rings (SSSR count). The third-order valence-corrected chi connectivity index (χ3v) is 10.3. The molecule has 0 spiro atoms. The maximum atomic E-state index is 14.2. The lowest BCUT2D eigenvalue weighted by Gasteiger charge is -2.45. The van der Waals surface area contributed by atoms with Crippen molar-refractivity contribution in [2.75, 3.05) is 39.6 Å². The van der Waals surface area contributed by atoms with E-state index in [9.17, 15) is 9.59 Å². The molecular formula is C36H52ClN5O3. The van der Waals surface area contributed by atoms with Gasteiger partial charge in [0.1, 0.15) is 5.75 Å². The summed E-state index contributed by atoms with van der Waals surface area (Å²) in [4.78, 5) is 33.4. The van der Waals surface area contributed by atoms with Crippen LogP contribution in [0.2, 0.25) is 5.02 Å². The zero-order valence-corrected chi connectivity index (χ0v) is 28.1. The van der Waals surface area contributed by atoms with Crippen molar-refractivity contribution >= 4 is 29.2 Å². The van der Waals surface area contributed by atoms with Crippen LogP contribution >= 0.6 is 11.6 Å². The Morgan fingerprint density at radius 3 is 2.13 bits per heavy atom. The van der Waals surface area contributed by atoms with Crippen LogP contribution in [0.5, 0.6) is 5.75 Å². The van der Waals surface area contributed by atoms with Crippen LogP contribution in [0.3, 0.4) is 0 Å². The summed E-state index contributed by atoms with van der Waals surface area (Å²) in [7, 11) is 5.41. The minimum Gasteiger partial charge on any atom is -0.495 e. The van der Waals surface area contributed by atoms with Gasteiger partial charge in [0.15, 0.2) is 0 Å². The lowest BCUT2D eigenvalue weighted by molar-refractivity contribution is -0.135. The summed E-state index contributed by atoms with van der Waals surface area (Å²) < 4.78 is 5.53. The van der Waals surface area contributed by atoms with Crippen molar-refractivity contribution in [3.63, 3.8) is 0 Å². The number of anilines is 1. The summed E-state index contributed by atoms with van der Waals surface area (Å²) in [5.74, 6) is 1.03. The number of methoxy groups -OCH3 is 1. The number of piperidine rings is 1. The van der Waals surface area contributed by atoms with E-state index in [1.54, 1.807) is 12.0 Å². The second-order valence-corrected chi connectivity index (χ2v) is 13.8. The number of para-hydroxylation sites is 2. The monoisotopic (exact) mass is 637 g/mol. The number of hydrogen-bond acceptors (Lipinski definition) is 5. The van der Waals surface area contributed by atoms with Crippen LogP contribution in [0.4, 0.5) is 10.5 Å². The van der Waals surface area contributed by atoms with E-state index in [0.29, 0.717) is 36.6 Å².